The summed E-state index contributed by atoms with van der Waals surface area (Å²) in [5.41, 5.74) is 3.63. The maximum atomic E-state index is 14.0. The molecule has 0 aliphatic carbocycles. The Balaban J connectivity index is 1.05. The number of ether oxygens (including phenoxy) is 2. The number of rotatable bonds is 16. The monoisotopic (exact) mass is 996 g/mol. The van der Waals surface area contributed by atoms with E-state index in [0.29, 0.717) is 50.5 Å². The van der Waals surface area contributed by atoms with Crippen molar-refractivity contribution in [3.05, 3.63) is 138 Å². The maximum Gasteiger partial charge on any atom is 0.524 e. The number of aliphatic hydroxyl groups is 1. The van der Waals surface area contributed by atoms with Crippen LogP contribution in [0.25, 0.3) is 33.7 Å². The van der Waals surface area contributed by atoms with Gasteiger partial charge in [-0.05, 0) is 87.5 Å². The van der Waals surface area contributed by atoms with Gasteiger partial charge >= 0.3 is 19.9 Å². The van der Waals surface area contributed by atoms with Crippen LogP contribution in [-0.4, -0.2) is 86.0 Å². The number of carbonyl (C=O) groups excluding carboxylic acids is 3. The van der Waals surface area contributed by atoms with Gasteiger partial charge in [-0.15, -0.1) is 11.6 Å². The lowest BCUT2D eigenvalue weighted by atomic mass is 9.95. The fourth-order valence-corrected chi connectivity index (χ4v) is 10.6. The number of phosphoric acid groups is 1. The SMILES string of the molecule is CC(COC(=O)Nc1cc(/C=C/C(=O)N2C[C@@H](CCl)c3c2cc(OC(O)C(=O)O)c2ccccc32)ccc1/C=C/C(=O)N1CCc2c1cc(OP(=O)(O)O)c1ccccc21)SSc1ccccn1. The van der Waals surface area contributed by atoms with Crippen LogP contribution >= 0.6 is 41.0 Å². The third-order valence-electron chi connectivity index (χ3n) is 11.0. The van der Waals surface area contributed by atoms with Crippen LogP contribution in [0.1, 0.15) is 35.1 Å². The Morgan fingerprint density at radius 2 is 1.56 bits per heavy atom. The van der Waals surface area contributed by atoms with E-state index >= 15 is 0 Å². The highest BCUT2D eigenvalue weighted by atomic mass is 35.5. The van der Waals surface area contributed by atoms with Crippen molar-refractivity contribution in [3.8, 4) is 11.5 Å². The summed E-state index contributed by atoms with van der Waals surface area (Å²) >= 11 is 6.44. The number of phosphoric ester groups is 1. The van der Waals surface area contributed by atoms with E-state index < -0.39 is 38.0 Å². The summed E-state index contributed by atoms with van der Waals surface area (Å²) in [5, 5.41) is 25.3. The molecule has 3 amide bonds. The molecule has 2 aliphatic rings. The fourth-order valence-electron chi connectivity index (χ4n) is 8.02. The number of aromatic nitrogens is 1. The smallest absolute Gasteiger partial charge is 0.477 e. The zero-order valence-corrected chi connectivity index (χ0v) is 39.2. The Morgan fingerprint density at radius 3 is 2.26 bits per heavy atom. The molecule has 20 heteroatoms. The van der Waals surface area contributed by atoms with Crippen LogP contribution in [0.2, 0.25) is 0 Å². The topological polar surface area (TPSA) is 225 Å². The van der Waals surface area contributed by atoms with Crippen LogP contribution in [0.4, 0.5) is 21.9 Å². The van der Waals surface area contributed by atoms with E-state index in [-0.39, 0.29) is 53.9 Å². The van der Waals surface area contributed by atoms with Crippen molar-refractivity contribution in [1.82, 2.24) is 4.98 Å². The quantitative estimate of drug-likeness (QED) is 0.0201. The number of nitrogens with zero attached hydrogens (tertiary/aromatic N) is 3. The first-order valence-corrected chi connectivity index (χ1v) is 25.3. The van der Waals surface area contributed by atoms with Gasteiger partial charge in [0.2, 0.25) is 0 Å². The summed E-state index contributed by atoms with van der Waals surface area (Å²) in [4.78, 5) is 79.3. The Morgan fingerprint density at radius 1 is 0.882 bits per heavy atom. The molecule has 0 bridgehead atoms. The second-order valence-electron chi connectivity index (χ2n) is 15.6. The molecule has 5 aromatic carbocycles. The van der Waals surface area contributed by atoms with Crippen LogP contribution in [0.15, 0.2) is 120 Å². The van der Waals surface area contributed by atoms with Gasteiger partial charge in [0.1, 0.15) is 23.1 Å². The minimum atomic E-state index is -4.94. The third-order valence-corrected chi connectivity index (χ3v) is 14.6. The van der Waals surface area contributed by atoms with Gasteiger partial charge in [0.15, 0.2) is 0 Å². The van der Waals surface area contributed by atoms with Gasteiger partial charge in [0.25, 0.3) is 18.1 Å². The number of aliphatic hydroxyl groups excluding tert-OH is 1. The molecule has 3 heterocycles. The standard InChI is InChI=1S/C48H42ClN4O12PS2/c1-28(67-68-42-12-6-7-20-50-42)27-63-48(59)51-37-22-29(14-17-44(55)53-26-31(25-49)45-36-11-5-4-10-35(36)40(24-39(45)53)64-47(58)46(56)57)13-15-30(37)16-18-43(54)52-21-19-33-32-8-2-3-9-34(32)41(23-38(33)52)65-66(60,61)62/h2-18,20,22-24,28,31,47,58H,19,21,25-27H2,1H3,(H,51,59)(H,56,57)(H2,60,61,62)/b17-14+,18-16+/t28?,31-,47?/m1/s1. The number of carboxylic acid groups (broad SMARTS) is 1. The Labute approximate surface area is 402 Å². The molecule has 0 spiro atoms. The molecular weight excluding hydrogens is 955 g/mol. The number of hydrogen-bond donors (Lipinski definition) is 5. The first-order valence-electron chi connectivity index (χ1n) is 21.0. The average Bonchev–Trinajstić information content (AvgIpc) is 3.93. The Hall–Kier alpha value is -6.37. The number of pyridine rings is 1. The molecule has 68 heavy (non-hydrogen) atoms. The van der Waals surface area contributed by atoms with Crippen molar-refractivity contribution in [3.63, 3.8) is 0 Å². The highest BCUT2D eigenvalue weighted by molar-refractivity contribution is 8.76. The number of alkyl halides is 1. The van der Waals surface area contributed by atoms with Crippen LogP contribution in [0, 0.1) is 0 Å². The van der Waals surface area contributed by atoms with Gasteiger partial charge in [-0.3, -0.25) is 24.7 Å². The predicted octanol–water partition coefficient (Wildman–Crippen LogP) is 9.00. The Kier molecular flexibility index (Phi) is 14.8. The van der Waals surface area contributed by atoms with Gasteiger partial charge in [-0.25, -0.2) is 19.1 Å². The fraction of sp³-hybridized carbons (Fsp3) is 0.188. The first kappa shape index (κ1) is 48.1. The number of aliphatic carboxylic acids is 1. The molecule has 1 aromatic heterocycles. The van der Waals surface area contributed by atoms with Crippen molar-refractivity contribution in [2.45, 2.75) is 35.8 Å². The molecule has 350 valence electrons. The maximum absolute atomic E-state index is 14.0. The van der Waals surface area contributed by atoms with Crippen molar-refractivity contribution >= 4 is 116 Å². The number of halogens is 1. The molecule has 3 atom stereocenters. The number of nitrogens with one attached hydrogen (secondary N) is 1. The van der Waals surface area contributed by atoms with E-state index in [9.17, 15) is 43.7 Å². The lowest BCUT2D eigenvalue weighted by Crippen LogP contribution is -2.28. The van der Waals surface area contributed by atoms with E-state index in [2.05, 4.69) is 10.3 Å². The normalized spacial score (nSPS) is 15.4. The molecule has 2 unspecified atom stereocenters. The summed E-state index contributed by atoms with van der Waals surface area (Å²) < 4.78 is 28.0. The van der Waals surface area contributed by atoms with Crippen molar-refractivity contribution < 1.29 is 57.7 Å². The molecule has 8 rings (SSSR count). The van der Waals surface area contributed by atoms with Crippen molar-refractivity contribution in [1.29, 1.82) is 0 Å². The molecule has 16 nitrogen and oxygen atoms in total. The highest BCUT2D eigenvalue weighted by Crippen LogP contribution is 2.47. The summed E-state index contributed by atoms with van der Waals surface area (Å²) in [6.45, 7) is 2.46. The summed E-state index contributed by atoms with van der Waals surface area (Å²) in [7, 11) is -2.01. The zero-order valence-electron chi connectivity index (χ0n) is 35.9. The lowest BCUT2D eigenvalue weighted by molar-refractivity contribution is -0.161. The van der Waals surface area contributed by atoms with E-state index in [1.807, 2.05) is 31.2 Å². The van der Waals surface area contributed by atoms with Crippen molar-refractivity contribution in [2.24, 2.45) is 0 Å². The minimum absolute atomic E-state index is 0.0583. The molecule has 0 saturated carbocycles. The molecule has 6 aromatic rings. The molecule has 0 radical (unpaired) electrons. The molecule has 0 fully saturated rings. The second-order valence-corrected chi connectivity index (χ2v) is 19.7. The van der Waals surface area contributed by atoms with Gasteiger partial charge in [0.05, 0.1) is 17.1 Å². The van der Waals surface area contributed by atoms with Gasteiger partial charge in [-0.1, -0.05) is 77.5 Å². The average molecular weight is 997 g/mol. The van der Waals surface area contributed by atoms with Crippen molar-refractivity contribution in [2.75, 3.05) is 40.7 Å². The number of amides is 3. The number of fused-ring (bicyclic) bond motifs is 6. The second kappa shape index (κ2) is 20.9. The van der Waals surface area contributed by atoms with Gasteiger partial charge < -0.3 is 34.0 Å². The largest absolute Gasteiger partial charge is 0.524 e. The summed E-state index contributed by atoms with van der Waals surface area (Å²) in [6.07, 6.45) is 4.99. The first-order chi connectivity index (χ1) is 32.7. The van der Waals surface area contributed by atoms with Gasteiger partial charge in [0, 0.05) is 71.4 Å². The highest BCUT2D eigenvalue weighted by Gasteiger charge is 2.35. The number of anilines is 3. The number of carboxylic acids is 1. The molecule has 2 aliphatic heterocycles. The lowest BCUT2D eigenvalue weighted by Gasteiger charge is -2.19. The van der Waals surface area contributed by atoms with Crippen LogP contribution in [0.3, 0.4) is 0 Å². The summed E-state index contributed by atoms with van der Waals surface area (Å²) in [6, 6.07) is 27.6. The number of benzene rings is 5. The third kappa shape index (κ3) is 11.0. The minimum Gasteiger partial charge on any atom is -0.477 e. The summed E-state index contributed by atoms with van der Waals surface area (Å²) in [5.74, 6) is -2.56. The zero-order chi connectivity index (χ0) is 48.1. The van der Waals surface area contributed by atoms with E-state index in [0.717, 1.165) is 16.2 Å². The van der Waals surface area contributed by atoms with Crippen LogP contribution in [-0.2, 0) is 30.1 Å². The van der Waals surface area contributed by atoms with E-state index in [1.165, 1.54) is 61.7 Å². The van der Waals surface area contributed by atoms with Gasteiger partial charge in [-0.2, -0.15) is 0 Å². The van der Waals surface area contributed by atoms with E-state index in [4.69, 9.17) is 25.6 Å². The molecule has 0 saturated heterocycles. The van der Waals surface area contributed by atoms with Crippen LogP contribution < -0.4 is 24.4 Å². The Bertz CT molecular complexity index is 3050. The number of carbonyl (C=O) groups is 4. The number of hydrogen-bond acceptors (Lipinski definition) is 12. The van der Waals surface area contributed by atoms with E-state index in [1.54, 1.807) is 72.9 Å². The molecule has 5 N–H and O–H groups in total. The predicted molar refractivity (Wildman–Crippen MR) is 263 cm³/mol. The van der Waals surface area contributed by atoms with Crippen LogP contribution in [0.5, 0.6) is 11.5 Å². The molecular formula is C48H42ClN4O12PS2.